The van der Waals surface area contributed by atoms with Gasteiger partial charge in [0.2, 0.25) is 0 Å². The molecule has 1 aromatic rings. The molecule has 0 amide bonds. The lowest BCUT2D eigenvalue weighted by atomic mass is 10.1. The van der Waals surface area contributed by atoms with E-state index in [0.717, 1.165) is 18.5 Å². The quantitative estimate of drug-likeness (QED) is 0.699. The average Bonchev–Trinajstić information content (AvgIpc) is 2.26. The van der Waals surface area contributed by atoms with Gasteiger partial charge in [0.05, 0.1) is 0 Å². The first-order valence-corrected chi connectivity index (χ1v) is 5.18. The highest BCUT2D eigenvalue weighted by Gasteiger charge is 2.32. The van der Waals surface area contributed by atoms with Gasteiger partial charge in [-0.2, -0.15) is 0 Å². The summed E-state index contributed by atoms with van der Waals surface area (Å²) in [5, 5.41) is 0. The van der Waals surface area contributed by atoms with Crippen molar-refractivity contribution in [3.8, 4) is 0 Å². The van der Waals surface area contributed by atoms with Crippen LogP contribution in [0.1, 0.15) is 12.0 Å². The highest BCUT2D eigenvalue weighted by Crippen LogP contribution is 2.16. The monoisotopic (exact) mass is 205 g/mol. The predicted octanol–water partition coefficient (Wildman–Crippen LogP) is 1.43. The van der Waals surface area contributed by atoms with Crippen LogP contribution in [0.2, 0.25) is 0 Å². The maximum absolute atomic E-state index is 11.5. The summed E-state index contributed by atoms with van der Waals surface area (Å²) in [4.78, 5) is 13.6. The molecule has 1 saturated heterocycles. The van der Waals surface area contributed by atoms with Crippen LogP contribution in [0, 0.1) is 0 Å². The normalized spacial score (nSPS) is 20.7. The van der Waals surface area contributed by atoms with Crippen LogP contribution in [-0.2, 0) is 16.1 Å². The highest BCUT2D eigenvalue weighted by molar-refractivity contribution is 5.76. The number of likely N-dealkylation sites (N-methyl/N-ethyl adjacent to an activating group) is 1. The molecule has 0 N–H and O–H groups in total. The molecular weight excluding hydrogens is 190 g/mol. The molecule has 15 heavy (non-hydrogen) atoms. The van der Waals surface area contributed by atoms with E-state index < -0.39 is 0 Å². The van der Waals surface area contributed by atoms with Gasteiger partial charge in [-0.15, -0.1) is 0 Å². The number of nitrogens with zero attached hydrogens (tertiary/aromatic N) is 1. The van der Waals surface area contributed by atoms with E-state index in [4.69, 9.17) is 4.74 Å². The Morgan fingerprint density at radius 1 is 1.47 bits per heavy atom. The third-order valence-corrected chi connectivity index (χ3v) is 2.78. The van der Waals surface area contributed by atoms with Crippen LogP contribution in [0.3, 0.4) is 0 Å². The number of ether oxygens (including phenoxy) is 1. The summed E-state index contributed by atoms with van der Waals surface area (Å²) in [7, 11) is 1.94. The molecule has 2 rings (SSSR count). The van der Waals surface area contributed by atoms with Gasteiger partial charge in [-0.05, 0) is 19.0 Å². The molecule has 1 fully saturated rings. The minimum atomic E-state index is -0.104. The highest BCUT2D eigenvalue weighted by atomic mass is 16.5. The molecule has 1 heterocycles. The van der Waals surface area contributed by atoms with Crippen molar-refractivity contribution in [2.75, 3.05) is 13.6 Å². The van der Waals surface area contributed by atoms with Crippen molar-refractivity contribution in [2.24, 2.45) is 0 Å². The van der Waals surface area contributed by atoms with Crippen molar-refractivity contribution in [3.05, 3.63) is 35.9 Å². The van der Waals surface area contributed by atoms with Crippen LogP contribution in [0.15, 0.2) is 30.3 Å². The third-order valence-electron chi connectivity index (χ3n) is 2.78. The van der Waals surface area contributed by atoms with Crippen LogP contribution < -0.4 is 0 Å². The Morgan fingerprint density at radius 2 is 2.20 bits per heavy atom. The average molecular weight is 205 g/mol. The number of hydrogen-bond donors (Lipinski definition) is 0. The Kier molecular flexibility index (Phi) is 3.02. The summed E-state index contributed by atoms with van der Waals surface area (Å²) in [6.07, 6.45) is 0.921. The zero-order valence-electron chi connectivity index (χ0n) is 8.85. The summed E-state index contributed by atoms with van der Waals surface area (Å²) >= 11 is 0. The van der Waals surface area contributed by atoms with Crippen LogP contribution in [0.4, 0.5) is 0 Å². The molecule has 0 aromatic heterocycles. The van der Waals surface area contributed by atoms with E-state index in [-0.39, 0.29) is 12.0 Å². The molecule has 0 saturated carbocycles. The number of carbonyl (C=O) groups excluding carboxylic acids is 1. The summed E-state index contributed by atoms with van der Waals surface area (Å²) in [5.74, 6) is -0.104. The first-order chi connectivity index (χ1) is 7.27. The van der Waals surface area contributed by atoms with Crippen molar-refractivity contribution in [3.63, 3.8) is 0 Å². The first-order valence-electron chi connectivity index (χ1n) is 5.18. The van der Waals surface area contributed by atoms with Crippen molar-refractivity contribution in [1.82, 2.24) is 4.90 Å². The smallest absolute Gasteiger partial charge is 0.323 e. The first kappa shape index (κ1) is 10.2. The van der Waals surface area contributed by atoms with Crippen LogP contribution in [-0.4, -0.2) is 30.5 Å². The molecule has 1 atom stereocenters. The van der Waals surface area contributed by atoms with Gasteiger partial charge in [-0.3, -0.25) is 9.69 Å². The molecule has 1 aliphatic rings. The molecule has 1 unspecified atom stereocenters. The van der Waals surface area contributed by atoms with Crippen molar-refractivity contribution < 1.29 is 9.53 Å². The lowest BCUT2D eigenvalue weighted by molar-refractivity contribution is -0.155. The fourth-order valence-corrected chi connectivity index (χ4v) is 1.64. The Balaban J connectivity index is 1.81. The van der Waals surface area contributed by atoms with E-state index in [1.54, 1.807) is 0 Å². The third kappa shape index (κ3) is 2.36. The molecule has 0 radical (unpaired) electrons. The van der Waals surface area contributed by atoms with Gasteiger partial charge < -0.3 is 4.74 Å². The number of carbonyl (C=O) groups is 1. The van der Waals surface area contributed by atoms with Gasteiger partial charge in [0, 0.05) is 6.54 Å². The standard InChI is InChI=1S/C12H15NO2/c1-13-8-7-11(13)12(14)15-9-10-5-3-2-4-6-10/h2-6,11H,7-9H2,1H3. The molecule has 1 aliphatic heterocycles. The lowest BCUT2D eigenvalue weighted by Gasteiger charge is -2.35. The van der Waals surface area contributed by atoms with E-state index in [9.17, 15) is 4.79 Å². The molecular formula is C12H15NO2. The van der Waals surface area contributed by atoms with Gasteiger partial charge >= 0.3 is 5.97 Å². The van der Waals surface area contributed by atoms with Crippen molar-refractivity contribution in [2.45, 2.75) is 19.1 Å². The Bertz CT molecular complexity index is 337. The SMILES string of the molecule is CN1CCC1C(=O)OCc1ccccc1. The predicted molar refractivity (Wildman–Crippen MR) is 57.3 cm³/mol. The largest absolute Gasteiger partial charge is 0.460 e. The second kappa shape index (κ2) is 4.45. The minimum Gasteiger partial charge on any atom is -0.460 e. The van der Waals surface area contributed by atoms with Crippen molar-refractivity contribution in [1.29, 1.82) is 0 Å². The van der Waals surface area contributed by atoms with E-state index in [1.165, 1.54) is 0 Å². The summed E-state index contributed by atoms with van der Waals surface area (Å²) in [6, 6.07) is 9.73. The molecule has 80 valence electrons. The molecule has 0 bridgehead atoms. The Labute approximate surface area is 89.7 Å². The maximum atomic E-state index is 11.5. The van der Waals surface area contributed by atoms with Gasteiger partial charge in [0.15, 0.2) is 0 Å². The number of rotatable bonds is 3. The van der Waals surface area contributed by atoms with Gasteiger partial charge in [0.25, 0.3) is 0 Å². The topological polar surface area (TPSA) is 29.5 Å². The Hall–Kier alpha value is -1.35. The van der Waals surface area contributed by atoms with E-state index in [0.29, 0.717) is 6.61 Å². The number of hydrogen-bond acceptors (Lipinski definition) is 3. The second-order valence-corrected chi connectivity index (χ2v) is 3.88. The zero-order valence-corrected chi connectivity index (χ0v) is 8.85. The number of likely N-dealkylation sites (tertiary alicyclic amines) is 1. The van der Waals surface area contributed by atoms with E-state index in [1.807, 2.05) is 42.3 Å². The molecule has 0 spiro atoms. The zero-order chi connectivity index (χ0) is 10.7. The van der Waals surface area contributed by atoms with Gasteiger partial charge in [0.1, 0.15) is 12.6 Å². The van der Waals surface area contributed by atoms with Crippen LogP contribution in [0.5, 0.6) is 0 Å². The lowest BCUT2D eigenvalue weighted by Crippen LogP contribution is -2.50. The fourth-order valence-electron chi connectivity index (χ4n) is 1.64. The summed E-state index contributed by atoms with van der Waals surface area (Å²) < 4.78 is 5.22. The summed E-state index contributed by atoms with van der Waals surface area (Å²) in [6.45, 7) is 1.37. The number of benzene rings is 1. The van der Waals surface area contributed by atoms with Crippen LogP contribution in [0.25, 0.3) is 0 Å². The van der Waals surface area contributed by atoms with Crippen LogP contribution >= 0.6 is 0 Å². The molecule has 1 aromatic carbocycles. The second-order valence-electron chi connectivity index (χ2n) is 3.88. The molecule has 3 nitrogen and oxygen atoms in total. The fraction of sp³-hybridized carbons (Fsp3) is 0.417. The maximum Gasteiger partial charge on any atom is 0.323 e. The summed E-state index contributed by atoms with van der Waals surface area (Å²) in [5.41, 5.74) is 1.04. The minimum absolute atomic E-state index is 0.0197. The van der Waals surface area contributed by atoms with Gasteiger partial charge in [-0.25, -0.2) is 0 Å². The molecule has 0 aliphatic carbocycles. The van der Waals surface area contributed by atoms with E-state index in [2.05, 4.69) is 0 Å². The van der Waals surface area contributed by atoms with Gasteiger partial charge in [-0.1, -0.05) is 30.3 Å². The van der Waals surface area contributed by atoms with Crippen molar-refractivity contribution >= 4 is 5.97 Å². The molecule has 3 heteroatoms. The van der Waals surface area contributed by atoms with E-state index >= 15 is 0 Å². The Morgan fingerprint density at radius 3 is 2.73 bits per heavy atom. The number of esters is 1.